The van der Waals surface area contributed by atoms with E-state index < -0.39 is 0 Å². The van der Waals surface area contributed by atoms with Crippen LogP contribution in [0.4, 0.5) is 0 Å². The van der Waals surface area contributed by atoms with Crippen LogP contribution in [0.25, 0.3) is 0 Å². The molecule has 0 saturated heterocycles. The molecule has 1 saturated carbocycles. The molecule has 1 aromatic carbocycles. The molecule has 2 nitrogen and oxygen atoms in total. The number of benzene rings is 1. The molecule has 2 unspecified atom stereocenters. The molecule has 1 aliphatic rings. The number of rotatable bonds is 4. The fraction of sp³-hybridized carbons (Fsp3) is 0.600. The lowest BCUT2D eigenvalue weighted by molar-refractivity contribution is 0.0332. The third-order valence-electron chi connectivity index (χ3n) is 3.57. The van der Waals surface area contributed by atoms with Gasteiger partial charge in [0.25, 0.3) is 0 Å². The summed E-state index contributed by atoms with van der Waals surface area (Å²) in [4.78, 5) is 0. The van der Waals surface area contributed by atoms with Crippen LogP contribution in [0.5, 0.6) is 0 Å². The molecule has 0 radical (unpaired) electrons. The van der Waals surface area contributed by atoms with E-state index in [1.165, 1.54) is 24.8 Å². The molecule has 17 heavy (non-hydrogen) atoms. The van der Waals surface area contributed by atoms with Crippen LogP contribution in [0.3, 0.4) is 0 Å². The van der Waals surface area contributed by atoms with E-state index in [4.69, 9.17) is 10.5 Å². The normalized spacial score (nSPS) is 25.5. The molecular weight excluding hydrogens is 210 g/mol. The number of nitrogens with two attached hydrogens (primary N) is 1. The second-order valence-electron chi connectivity index (χ2n) is 4.95. The van der Waals surface area contributed by atoms with Gasteiger partial charge in [-0.3, -0.25) is 0 Å². The van der Waals surface area contributed by atoms with Crippen LogP contribution in [-0.2, 0) is 11.2 Å². The quantitative estimate of drug-likeness (QED) is 0.812. The van der Waals surface area contributed by atoms with Crippen LogP contribution in [0.2, 0.25) is 0 Å². The van der Waals surface area contributed by atoms with Crippen LogP contribution in [0.15, 0.2) is 30.3 Å². The molecule has 1 aromatic rings. The predicted octanol–water partition coefficient (Wildman–Crippen LogP) is 2.91. The topological polar surface area (TPSA) is 35.2 Å². The highest BCUT2D eigenvalue weighted by atomic mass is 16.5. The number of hydrogen-bond acceptors (Lipinski definition) is 2. The molecule has 0 aromatic heterocycles. The molecule has 0 amide bonds. The van der Waals surface area contributed by atoms with Gasteiger partial charge in [-0.1, -0.05) is 49.6 Å². The third kappa shape index (κ3) is 4.14. The van der Waals surface area contributed by atoms with Crippen molar-refractivity contribution in [2.24, 2.45) is 5.73 Å². The van der Waals surface area contributed by atoms with E-state index in [0.717, 1.165) is 25.9 Å². The Bertz CT molecular complexity index is 312. The van der Waals surface area contributed by atoms with Crippen LogP contribution in [0.1, 0.15) is 37.7 Å². The summed E-state index contributed by atoms with van der Waals surface area (Å²) in [5, 5.41) is 0. The van der Waals surface area contributed by atoms with Gasteiger partial charge in [0, 0.05) is 6.04 Å². The van der Waals surface area contributed by atoms with Crippen molar-refractivity contribution in [3.8, 4) is 0 Å². The smallest absolute Gasteiger partial charge is 0.0726 e. The average Bonchev–Trinajstić information content (AvgIpc) is 2.56. The Morgan fingerprint density at radius 1 is 1.06 bits per heavy atom. The van der Waals surface area contributed by atoms with Crippen molar-refractivity contribution in [1.82, 2.24) is 0 Å². The Kier molecular flexibility index (Phi) is 5.02. The van der Waals surface area contributed by atoms with Crippen molar-refractivity contribution >= 4 is 0 Å². The SMILES string of the molecule is NC1CCCCCC1OCCc1ccccc1. The molecule has 1 fully saturated rings. The van der Waals surface area contributed by atoms with E-state index in [2.05, 4.69) is 24.3 Å². The van der Waals surface area contributed by atoms with E-state index >= 15 is 0 Å². The van der Waals surface area contributed by atoms with Crippen molar-refractivity contribution in [3.05, 3.63) is 35.9 Å². The Balaban J connectivity index is 1.73. The summed E-state index contributed by atoms with van der Waals surface area (Å²) in [6.07, 6.45) is 7.37. The first-order valence-electron chi connectivity index (χ1n) is 6.77. The van der Waals surface area contributed by atoms with Crippen molar-refractivity contribution in [2.45, 2.75) is 50.7 Å². The van der Waals surface area contributed by atoms with Gasteiger partial charge in [-0.05, 0) is 24.8 Å². The maximum atomic E-state index is 6.13. The van der Waals surface area contributed by atoms with Crippen LogP contribution >= 0.6 is 0 Å². The zero-order chi connectivity index (χ0) is 11.9. The van der Waals surface area contributed by atoms with Gasteiger partial charge in [0.2, 0.25) is 0 Å². The number of hydrogen-bond donors (Lipinski definition) is 1. The Morgan fingerprint density at radius 3 is 2.65 bits per heavy atom. The third-order valence-corrected chi connectivity index (χ3v) is 3.57. The molecule has 2 N–H and O–H groups in total. The van der Waals surface area contributed by atoms with Crippen molar-refractivity contribution < 1.29 is 4.74 Å². The minimum atomic E-state index is 0.244. The molecule has 0 heterocycles. The summed E-state index contributed by atoms with van der Waals surface area (Å²) in [6.45, 7) is 0.794. The summed E-state index contributed by atoms with van der Waals surface area (Å²) >= 11 is 0. The van der Waals surface area contributed by atoms with Crippen molar-refractivity contribution in [3.63, 3.8) is 0 Å². The second kappa shape index (κ2) is 6.77. The maximum Gasteiger partial charge on any atom is 0.0726 e. The highest BCUT2D eigenvalue weighted by Gasteiger charge is 2.20. The summed E-state index contributed by atoms with van der Waals surface area (Å²) < 4.78 is 5.95. The fourth-order valence-electron chi connectivity index (χ4n) is 2.48. The monoisotopic (exact) mass is 233 g/mol. The van der Waals surface area contributed by atoms with Gasteiger partial charge in [-0.25, -0.2) is 0 Å². The minimum Gasteiger partial charge on any atom is -0.376 e. The van der Waals surface area contributed by atoms with Gasteiger partial charge in [-0.2, -0.15) is 0 Å². The van der Waals surface area contributed by atoms with Gasteiger partial charge >= 0.3 is 0 Å². The zero-order valence-corrected chi connectivity index (χ0v) is 10.5. The highest BCUT2D eigenvalue weighted by Crippen LogP contribution is 2.19. The van der Waals surface area contributed by atoms with E-state index in [1.54, 1.807) is 0 Å². The second-order valence-corrected chi connectivity index (χ2v) is 4.95. The Morgan fingerprint density at radius 2 is 1.82 bits per heavy atom. The van der Waals surface area contributed by atoms with Gasteiger partial charge in [0.15, 0.2) is 0 Å². The molecule has 0 spiro atoms. The van der Waals surface area contributed by atoms with E-state index in [9.17, 15) is 0 Å². The van der Waals surface area contributed by atoms with Gasteiger partial charge in [-0.15, -0.1) is 0 Å². The van der Waals surface area contributed by atoms with Crippen LogP contribution in [0, 0.1) is 0 Å². The van der Waals surface area contributed by atoms with Gasteiger partial charge < -0.3 is 10.5 Å². The van der Waals surface area contributed by atoms with E-state index in [-0.39, 0.29) is 12.1 Å². The Hall–Kier alpha value is -0.860. The maximum absolute atomic E-state index is 6.13. The first kappa shape index (κ1) is 12.6. The van der Waals surface area contributed by atoms with Gasteiger partial charge in [0.1, 0.15) is 0 Å². The lowest BCUT2D eigenvalue weighted by atomic mass is 10.1. The molecule has 2 rings (SSSR count). The lowest BCUT2D eigenvalue weighted by Crippen LogP contribution is -2.36. The highest BCUT2D eigenvalue weighted by molar-refractivity contribution is 5.14. The molecule has 1 aliphatic carbocycles. The van der Waals surface area contributed by atoms with Crippen LogP contribution < -0.4 is 5.73 Å². The van der Waals surface area contributed by atoms with E-state index in [0.29, 0.717) is 0 Å². The molecule has 2 atom stereocenters. The molecule has 0 aliphatic heterocycles. The first-order valence-corrected chi connectivity index (χ1v) is 6.77. The summed E-state index contributed by atoms with van der Waals surface area (Å²) in [5.74, 6) is 0. The fourth-order valence-corrected chi connectivity index (χ4v) is 2.48. The number of ether oxygens (including phenoxy) is 1. The summed E-state index contributed by atoms with van der Waals surface area (Å²) in [7, 11) is 0. The van der Waals surface area contributed by atoms with Crippen LogP contribution in [-0.4, -0.2) is 18.8 Å². The largest absolute Gasteiger partial charge is 0.376 e. The van der Waals surface area contributed by atoms with E-state index in [1.807, 2.05) is 6.07 Å². The molecule has 94 valence electrons. The van der Waals surface area contributed by atoms with Gasteiger partial charge in [0.05, 0.1) is 12.7 Å². The van der Waals surface area contributed by atoms with Crippen molar-refractivity contribution in [2.75, 3.05) is 6.61 Å². The Labute approximate surface area is 104 Å². The summed E-state index contributed by atoms with van der Waals surface area (Å²) in [6, 6.07) is 10.7. The zero-order valence-electron chi connectivity index (χ0n) is 10.5. The first-order chi connectivity index (χ1) is 8.36. The predicted molar refractivity (Wildman–Crippen MR) is 70.9 cm³/mol. The minimum absolute atomic E-state index is 0.244. The molecule has 2 heteroatoms. The molecular formula is C15H23NO. The molecule has 0 bridgehead atoms. The standard InChI is InChI=1S/C15H23NO/c16-14-9-5-2-6-10-15(14)17-12-11-13-7-3-1-4-8-13/h1,3-4,7-8,14-15H,2,5-6,9-12,16H2. The lowest BCUT2D eigenvalue weighted by Gasteiger charge is -2.21. The van der Waals surface area contributed by atoms with Crippen molar-refractivity contribution in [1.29, 1.82) is 0 Å². The summed E-state index contributed by atoms with van der Waals surface area (Å²) in [5.41, 5.74) is 7.48. The average molecular weight is 233 g/mol.